The Morgan fingerprint density at radius 1 is 0.800 bits per heavy atom. The zero-order valence-corrected chi connectivity index (χ0v) is 17.7. The van der Waals surface area contributed by atoms with Gasteiger partial charge in [0.1, 0.15) is 0 Å². The fraction of sp³-hybridized carbons (Fsp3) is 0.292. The third kappa shape index (κ3) is 4.71. The molecule has 1 saturated heterocycles. The van der Waals surface area contributed by atoms with Gasteiger partial charge in [0.05, 0.1) is 10.6 Å². The fourth-order valence-corrected chi connectivity index (χ4v) is 5.20. The van der Waals surface area contributed by atoms with E-state index >= 15 is 0 Å². The fourth-order valence-electron chi connectivity index (χ4n) is 3.95. The Morgan fingerprint density at radius 3 is 2.23 bits per heavy atom. The van der Waals surface area contributed by atoms with E-state index in [0.717, 1.165) is 19.6 Å². The van der Waals surface area contributed by atoms with E-state index in [1.165, 1.54) is 16.3 Å². The number of rotatable bonds is 6. The van der Waals surface area contributed by atoms with Crippen LogP contribution in [0.2, 0.25) is 0 Å². The van der Waals surface area contributed by atoms with Gasteiger partial charge in [-0.05, 0) is 28.5 Å². The molecule has 0 atom stereocenters. The molecule has 0 aliphatic carbocycles. The molecule has 1 aliphatic rings. The normalized spacial score (nSPS) is 15.4. The topological polar surface area (TPSA) is 57.7 Å². The van der Waals surface area contributed by atoms with Crippen molar-refractivity contribution in [2.45, 2.75) is 17.9 Å². The maximum absolute atomic E-state index is 12.6. The number of carbonyl (C=O) groups excluding carboxylic acids is 1. The smallest absolute Gasteiger partial charge is 0.223 e. The summed E-state index contributed by atoms with van der Waals surface area (Å²) in [6.45, 7) is 3.70. The van der Waals surface area contributed by atoms with Crippen LogP contribution in [-0.4, -0.2) is 56.1 Å². The van der Waals surface area contributed by atoms with Crippen LogP contribution in [-0.2, 0) is 21.2 Å². The molecule has 1 aliphatic heterocycles. The quantitative estimate of drug-likeness (QED) is 0.611. The summed E-state index contributed by atoms with van der Waals surface area (Å²) in [5.41, 5.74) is 1.29. The Balaban J connectivity index is 1.30. The van der Waals surface area contributed by atoms with Gasteiger partial charge in [-0.15, -0.1) is 0 Å². The predicted molar refractivity (Wildman–Crippen MR) is 119 cm³/mol. The summed E-state index contributed by atoms with van der Waals surface area (Å²) in [6, 6.07) is 23.1. The van der Waals surface area contributed by atoms with Crippen LogP contribution in [0.3, 0.4) is 0 Å². The summed E-state index contributed by atoms with van der Waals surface area (Å²) >= 11 is 0. The number of benzene rings is 3. The number of piperazine rings is 1. The van der Waals surface area contributed by atoms with Gasteiger partial charge >= 0.3 is 0 Å². The lowest BCUT2D eigenvalue weighted by Crippen LogP contribution is -2.48. The minimum atomic E-state index is -3.42. The van der Waals surface area contributed by atoms with Crippen LogP contribution in [0.15, 0.2) is 77.7 Å². The van der Waals surface area contributed by atoms with Gasteiger partial charge in [-0.3, -0.25) is 9.69 Å². The number of hydrogen-bond acceptors (Lipinski definition) is 4. The van der Waals surface area contributed by atoms with Crippen molar-refractivity contribution in [1.82, 2.24) is 9.80 Å². The standard InChI is InChI=1S/C24H26N2O3S/c27-24(13-18-30(28,29)22-10-2-1-3-11-22)26-16-14-25(15-17-26)19-21-9-6-8-20-7-4-5-12-23(20)21/h1-12H,13-19H2. The van der Waals surface area contributed by atoms with Crippen LogP contribution in [0.5, 0.6) is 0 Å². The number of hydrogen-bond donors (Lipinski definition) is 0. The first kappa shape index (κ1) is 20.6. The third-order valence-corrected chi connectivity index (χ3v) is 7.42. The number of sulfone groups is 1. The van der Waals surface area contributed by atoms with Crippen molar-refractivity contribution >= 4 is 26.5 Å². The minimum Gasteiger partial charge on any atom is -0.340 e. The molecule has 6 heteroatoms. The van der Waals surface area contributed by atoms with Crippen molar-refractivity contribution in [3.8, 4) is 0 Å². The molecule has 4 rings (SSSR count). The largest absolute Gasteiger partial charge is 0.340 e. The molecule has 3 aromatic rings. The number of nitrogens with zero attached hydrogens (tertiary/aromatic N) is 2. The van der Waals surface area contributed by atoms with E-state index in [-0.39, 0.29) is 23.0 Å². The summed E-state index contributed by atoms with van der Waals surface area (Å²) in [5.74, 6) is -0.231. The number of amides is 1. The van der Waals surface area contributed by atoms with Gasteiger partial charge in [0.15, 0.2) is 9.84 Å². The molecule has 156 valence electrons. The maximum Gasteiger partial charge on any atom is 0.223 e. The lowest BCUT2D eigenvalue weighted by Gasteiger charge is -2.35. The number of carbonyl (C=O) groups is 1. The molecule has 0 unspecified atom stereocenters. The average molecular weight is 423 g/mol. The van der Waals surface area contributed by atoms with Gasteiger partial charge in [0.2, 0.25) is 5.91 Å². The van der Waals surface area contributed by atoms with E-state index in [9.17, 15) is 13.2 Å². The Kier molecular flexibility index (Phi) is 6.16. The molecule has 0 radical (unpaired) electrons. The van der Waals surface area contributed by atoms with Crippen LogP contribution in [0.1, 0.15) is 12.0 Å². The molecule has 5 nitrogen and oxygen atoms in total. The molecule has 1 fully saturated rings. The van der Waals surface area contributed by atoms with Gasteiger partial charge in [0.25, 0.3) is 0 Å². The van der Waals surface area contributed by atoms with E-state index in [4.69, 9.17) is 0 Å². The van der Waals surface area contributed by atoms with Crippen LogP contribution >= 0.6 is 0 Å². The molecule has 3 aromatic carbocycles. The van der Waals surface area contributed by atoms with Crippen molar-refractivity contribution in [1.29, 1.82) is 0 Å². The van der Waals surface area contributed by atoms with Crippen LogP contribution in [0.25, 0.3) is 10.8 Å². The Bertz CT molecular complexity index is 1120. The van der Waals surface area contributed by atoms with Crippen molar-refractivity contribution in [2.24, 2.45) is 0 Å². The first-order chi connectivity index (χ1) is 14.5. The summed E-state index contributed by atoms with van der Waals surface area (Å²) in [7, 11) is -3.42. The first-order valence-corrected chi connectivity index (χ1v) is 11.9. The zero-order chi connectivity index (χ0) is 21.0. The second-order valence-electron chi connectivity index (χ2n) is 7.68. The number of fused-ring (bicyclic) bond motifs is 1. The van der Waals surface area contributed by atoms with Crippen LogP contribution in [0, 0.1) is 0 Å². The second kappa shape index (κ2) is 8.98. The molecule has 1 heterocycles. The average Bonchev–Trinajstić information content (AvgIpc) is 2.79. The highest BCUT2D eigenvalue weighted by molar-refractivity contribution is 7.91. The lowest BCUT2D eigenvalue weighted by molar-refractivity contribution is -0.132. The summed E-state index contributed by atoms with van der Waals surface area (Å²) in [4.78, 5) is 17.0. The Hall–Kier alpha value is -2.70. The molecular formula is C24H26N2O3S. The van der Waals surface area contributed by atoms with E-state index < -0.39 is 9.84 Å². The monoisotopic (exact) mass is 422 g/mol. The van der Waals surface area contributed by atoms with E-state index in [1.54, 1.807) is 35.2 Å². The SMILES string of the molecule is O=C(CCS(=O)(=O)c1ccccc1)N1CCN(Cc2cccc3ccccc23)CC1. The van der Waals surface area contributed by atoms with Gasteiger partial charge in [-0.2, -0.15) is 0 Å². The van der Waals surface area contributed by atoms with Gasteiger partial charge in [-0.1, -0.05) is 60.7 Å². The van der Waals surface area contributed by atoms with E-state index in [0.29, 0.717) is 13.1 Å². The van der Waals surface area contributed by atoms with E-state index in [2.05, 4.69) is 47.4 Å². The predicted octanol–water partition coefficient (Wildman–Crippen LogP) is 3.35. The lowest BCUT2D eigenvalue weighted by atomic mass is 10.0. The van der Waals surface area contributed by atoms with Gasteiger partial charge in [-0.25, -0.2) is 8.42 Å². The Morgan fingerprint density at radius 2 is 1.47 bits per heavy atom. The highest BCUT2D eigenvalue weighted by Crippen LogP contribution is 2.21. The molecule has 0 aromatic heterocycles. The van der Waals surface area contributed by atoms with Crippen molar-refractivity contribution in [3.63, 3.8) is 0 Å². The third-order valence-electron chi connectivity index (χ3n) is 5.69. The highest BCUT2D eigenvalue weighted by Gasteiger charge is 2.23. The molecule has 0 spiro atoms. The summed E-state index contributed by atoms with van der Waals surface area (Å²) < 4.78 is 24.8. The first-order valence-electron chi connectivity index (χ1n) is 10.3. The molecular weight excluding hydrogens is 396 g/mol. The highest BCUT2D eigenvalue weighted by atomic mass is 32.2. The molecule has 0 bridgehead atoms. The van der Waals surface area contributed by atoms with Crippen molar-refractivity contribution in [3.05, 3.63) is 78.4 Å². The summed E-state index contributed by atoms with van der Waals surface area (Å²) in [5, 5.41) is 2.51. The van der Waals surface area contributed by atoms with Gasteiger partial charge < -0.3 is 4.90 Å². The zero-order valence-electron chi connectivity index (χ0n) is 16.9. The Labute approximate surface area is 177 Å². The van der Waals surface area contributed by atoms with E-state index in [1.807, 2.05) is 0 Å². The molecule has 0 saturated carbocycles. The maximum atomic E-state index is 12.6. The van der Waals surface area contributed by atoms with Crippen molar-refractivity contribution < 1.29 is 13.2 Å². The van der Waals surface area contributed by atoms with Crippen molar-refractivity contribution in [2.75, 3.05) is 31.9 Å². The molecule has 30 heavy (non-hydrogen) atoms. The molecule has 1 amide bonds. The van der Waals surface area contributed by atoms with Gasteiger partial charge in [0, 0.05) is 39.1 Å². The summed E-state index contributed by atoms with van der Waals surface area (Å²) in [6.07, 6.45) is 0.0283. The van der Waals surface area contributed by atoms with Crippen LogP contribution in [0.4, 0.5) is 0 Å². The minimum absolute atomic E-state index is 0.0283. The van der Waals surface area contributed by atoms with Crippen LogP contribution < -0.4 is 0 Å². The second-order valence-corrected chi connectivity index (χ2v) is 9.79. The molecule has 0 N–H and O–H groups in total.